The second-order valence-electron chi connectivity index (χ2n) is 6.10. The van der Waals surface area contributed by atoms with E-state index in [2.05, 4.69) is 28.8 Å². The first-order chi connectivity index (χ1) is 13.1. The molecular weight excluding hydrogens is 401 g/mol. The van der Waals surface area contributed by atoms with Crippen LogP contribution in [-0.4, -0.2) is 51.8 Å². The van der Waals surface area contributed by atoms with Crippen molar-refractivity contribution in [3.05, 3.63) is 42.0 Å². The van der Waals surface area contributed by atoms with Crippen LogP contribution in [-0.2, 0) is 6.54 Å². The van der Waals surface area contributed by atoms with Gasteiger partial charge in [-0.1, -0.05) is 31.3 Å². The highest BCUT2D eigenvalue weighted by Gasteiger charge is 2.24. The van der Waals surface area contributed by atoms with Gasteiger partial charge in [0.1, 0.15) is 17.0 Å². The molecule has 152 valence electrons. The first-order valence-corrected chi connectivity index (χ1v) is 10.0. The molecule has 0 bridgehead atoms. The molecule has 1 amide bonds. The van der Waals surface area contributed by atoms with Crippen LogP contribution in [0.25, 0.3) is 10.2 Å². The van der Waals surface area contributed by atoms with Crippen molar-refractivity contribution in [1.29, 1.82) is 0 Å². The third-order valence-electron chi connectivity index (χ3n) is 4.60. The molecule has 0 radical (unpaired) electrons. The summed E-state index contributed by atoms with van der Waals surface area (Å²) in [5.41, 5.74) is 0.818. The molecule has 3 aromatic rings. The van der Waals surface area contributed by atoms with Gasteiger partial charge in [0.2, 0.25) is 0 Å². The second-order valence-corrected chi connectivity index (χ2v) is 7.11. The van der Waals surface area contributed by atoms with Crippen molar-refractivity contribution in [2.45, 2.75) is 27.3 Å². The number of thiazole rings is 1. The van der Waals surface area contributed by atoms with E-state index in [1.807, 2.05) is 13.0 Å². The van der Waals surface area contributed by atoms with Gasteiger partial charge in [0, 0.05) is 25.8 Å². The van der Waals surface area contributed by atoms with E-state index in [9.17, 15) is 9.18 Å². The van der Waals surface area contributed by atoms with E-state index in [-0.39, 0.29) is 24.1 Å². The minimum absolute atomic E-state index is 0. The van der Waals surface area contributed by atoms with Crippen molar-refractivity contribution in [2.24, 2.45) is 0 Å². The number of likely N-dealkylation sites (N-methyl/N-ethyl adjacent to an activating group) is 1. The molecule has 0 saturated heterocycles. The Bertz CT molecular complexity index is 924. The number of aryl methyl sites for hydroxylation is 1. The summed E-state index contributed by atoms with van der Waals surface area (Å²) >= 11 is 1.33. The fourth-order valence-electron chi connectivity index (χ4n) is 2.99. The number of benzene rings is 1. The van der Waals surface area contributed by atoms with Gasteiger partial charge in [-0.3, -0.25) is 14.4 Å². The summed E-state index contributed by atoms with van der Waals surface area (Å²) in [6.07, 6.45) is 1.62. The van der Waals surface area contributed by atoms with Crippen LogP contribution in [0.4, 0.5) is 9.52 Å². The van der Waals surface area contributed by atoms with Gasteiger partial charge in [-0.25, -0.2) is 9.37 Å². The average molecular weight is 426 g/mol. The average Bonchev–Trinajstić information content (AvgIpc) is 3.32. The maximum Gasteiger partial charge on any atom is 0.278 e. The SMILES string of the molecule is CCN(CC)CCN(C(=O)c1ccnn1CC)c1nc2c(F)cccc2s1.Cl. The summed E-state index contributed by atoms with van der Waals surface area (Å²) < 4.78 is 16.5. The van der Waals surface area contributed by atoms with E-state index in [0.717, 1.165) is 24.3 Å². The minimum Gasteiger partial charge on any atom is -0.302 e. The molecule has 2 heterocycles. The standard InChI is InChI=1S/C19H24FN5OS.ClH/c1-4-23(5-2)12-13-24(18(26)15-10-11-21-25(15)6-3)19-22-17-14(20)8-7-9-16(17)27-19;/h7-11H,4-6,12-13H2,1-3H3;1H. The summed E-state index contributed by atoms with van der Waals surface area (Å²) in [6, 6.07) is 6.58. The zero-order chi connectivity index (χ0) is 19.4. The Hall–Kier alpha value is -2.03. The fourth-order valence-corrected chi connectivity index (χ4v) is 3.99. The number of nitrogens with zero attached hydrogens (tertiary/aromatic N) is 5. The molecule has 1 aromatic carbocycles. The van der Waals surface area contributed by atoms with Gasteiger partial charge in [-0.2, -0.15) is 5.10 Å². The van der Waals surface area contributed by atoms with E-state index in [0.29, 0.717) is 29.4 Å². The van der Waals surface area contributed by atoms with Crippen molar-refractivity contribution >= 4 is 45.0 Å². The van der Waals surface area contributed by atoms with E-state index in [1.54, 1.807) is 27.9 Å². The Kier molecular flexibility index (Phi) is 7.91. The molecule has 0 saturated carbocycles. The lowest BCUT2D eigenvalue weighted by Crippen LogP contribution is -2.39. The van der Waals surface area contributed by atoms with Crippen LogP contribution in [0.15, 0.2) is 30.5 Å². The topological polar surface area (TPSA) is 54.3 Å². The number of hydrogen-bond donors (Lipinski definition) is 0. The second kappa shape index (κ2) is 9.95. The van der Waals surface area contributed by atoms with Crippen molar-refractivity contribution in [1.82, 2.24) is 19.7 Å². The number of aromatic nitrogens is 3. The van der Waals surface area contributed by atoms with E-state index >= 15 is 0 Å². The lowest BCUT2D eigenvalue weighted by molar-refractivity contribution is 0.0973. The van der Waals surface area contributed by atoms with Crippen molar-refractivity contribution < 1.29 is 9.18 Å². The molecule has 0 aliphatic heterocycles. The van der Waals surface area contributed by atoms with Crippen LogP contribution in [0, 0.1) is 5.82 Å². The third kappa shape index (κ3) is 4.51. The van der Waals surface area contributed by atoms with Gasteiger partial charge in [0.25, 0.3) is 5.91 Å². The molecule has 6 nitrogen and oxygen atoms in total. The van der Waals surface area contributed by atoms with Crippen molar-refractivity contribution in [3.63, 3.8) is 0 Å². The summed E-state index contributed by atoms with van der Waals surface area (Å²) in [5.74, 6) is -0.536. The van der Waals surface area contributed by atoms with E-state index < -0.39 is 0 Å². The lowest BCUT2D eigenvalue weighted by Gasteiger charge is -2.24. The maximum absolute atomic E-state index is 14.1. The monoisotopic (exact) mass is 425 g/mol. The van der Waals surface area contributed by atoms with E-state index in [1.165, 1.54) is 17.4 Å². The summed E-state index contributed by atoms with van der Waals surface area (Å²) in [5, 5.41) is 4.71. The molecule has 0 aliphatic carbocycles. The van der Waals surface area contributed by atoms with Crippen LogP contribution in [0.3, 0.4) is 0 Å². The number of fused-ring (bicyclic) bond motifs is 1. The zero-order valence-corrected chi connectivity index (χ0v) is 17.9. The van der Waals surface area contributed by atoms with Crippen molar-refractivity contribution in [2.75, 3.05) is 31.1 Å². The molecule has 0 spiro atoms. The number of halogens is 2. The third-order valence-corrected chi connectivity index (χ3v) is 5.65. The number of para-hydroxylation sites is 1. The fraction of sp³-hybridized carbons (Fsp3) is 0.421. The number of carbonyl (C=O) groups is 1. The first kappa shape index (κ1) is 22.3. The van der Waals surface area contributed by atoms with Crippen molar-refractivity contribution in [3.8, 4) is 0 Å². The Morgan fingerprint density at radius 2 is 1.93 bits per heavy atom. The number of rotatable bonds is 8. The van der Waals surface area contributed by atoms with Crippen LogP contribution < -0.4 is 4.90 Å². The molecule has 0 aliphatic rings. The highest BCUT2D eigenvalue weighted by atomic mass is 35.5. The smallest absolute Gasteiger partial charge is 0.278 e. The molecule has 0 fully saturated rings. The molecule has 28 heavy (non-hydrogen) atoms. The summed E-state index contributed by atoms with van der Waals surface area (Å²) in [4.78, 5) is 21.6. The molecule has 9 heteroatoms. The predicted octanol–water partition coefficient (Wildman–Crippen LogP) is 4.06. The largest absolute Gasteiger partial charge is 0.302 e. The van der Waals surface area contributed by atoms with Gasteiger partial charge in [0.15, 0.2) is 5.13 Å². The Morgan fingerprint density at radius 1 is 1.18 bits per heavy atom. The first-order valence-electron chi connectivity index (χ1n) is 9.20. The van der Waals surface area contributed by atoms with Crippen LogP contribution in [0.1, 0.15) is 31.3 Å². The van der Waals surface area contributed by atoms with Gasteiger partial charge < -0.3 is 4.90 Å². The van der Waals surface area contributed by atoms with Gasteiger partial charge in [0.05, 0.1) is 4.70 Å². The summed E-state index contributed by atoms with van der Waals surface area (Å²) in [6.45, 7) is 9.74. The molecule has 3 rings (SSSR count). The maximum atomic E-state index is 14.1. The van der Waals surface area contributed by atoms with Gasteiger partial charge in [-0.15, -0.1) is 12.4 Å². The molecule has 2 aromatic heterocycles. The Labute approximate surface area is 174 Å². The number of anilines is 1. The van der Waals surface area contributed by atoms with Crippen LogP contribution in [0.2, 0.25) is 0 Å². The summed E-state index contributed by atoms with van der Waals surface area (Å²) in [7, 11) is 0. The quantitative estimate of drug-likeness (QED) is 0.546. The minimum atomic E-state index is -0.371. The van der Waals surface area contributed by atoms with Crippen LogP contribution >= 0.6 is 23.7 Å². The normalized spacial score (nSPS) is 11.0. The molecular formula is C19H25ClFN5OS. The van der Waals surface area contributed by atoms with Gasteiger partial charge >= 0.3 is 0 Å². The number of hydrogen-bond acceptors (Lipinski definition) is 5. The Morgan fingerprint density at radius 3 is 2.57 bits per heavy atom. The molecule has 0 unspecified atom stereocenters. The van der Waals surface area contributed by atoms with Gasteiger partial charge in [-0.05, 0) is 38.2 Å². The number of amides is 1. The Balaban J connectivity index is 0.00000280. The molecule has 0 N–H and O–H groups in total. The highest BCUT2D eigenvalue weighted by Crippen LogP contribution is 2.31. The zero-order valence-electron chi connectivity index (χ0n) is 16.3. The van der Waals surface area contributed by atoms with E-state index in [4.69, 9.17) is 0 Å². The highest BCUT2D eigenvalue weighted by molar-refractivity contribution is 7.22. The van der Waals surface area contributed by atoms with Crippen LogP contribution in [0.5, 0.6) is 0 Å². The number of carbonyl (C=O) groups excluding carboxylic acids is 1. The molecule has 0 atom stereocenters. The lowest BCUT2D eigenvalue weighted by atomic mass is 10.3. The predicted molar refractivity (Wildman–Crippen MR) is 114 cm³/mol.